The molecular formula is C27H30N2O4S. The number of likely N-dealkylation sites (tertiary alicyclic amines) is 1. The van der Waals surface area contributed by atoms with E-state index in [4.69, 9.17) is 4.74 Å². The Balaban J connectivity index is 1.38. The molecule has 0 bridgehead atoms. The highest BCUT2D eigenvalue weighted by molar-refractivity contribution is 7.89. The standard InChI is InChI=1S/C27H30N2O4S/c1-21-13-15-25(16-14-21)34(31,32)28-18-22-8-7-17-29(19-22)27(30)26-12-6-5-9-23(26)20-33-24-10-3-2-4-11-24/h2-6,9-16,22,28H,7-8,17-20H2,1H3. The van der Waals surface area contributed by atoms with Gasteiger partial charge in [0.1, 0.15) is 12.4 Å². The van der Waals surface area contributed by atoms with E-state index in [1.54, 1.807) is 24.3 Å². The molecule has 1 unspecified atom stereocenters. The van der Waals surface area contributed by atoms with Crippen molar-refractivity contribution in [3.05, 3.63) is 95.6 Å². The fraction of sp³-hybridized carbons (Fsp3) is 0.296. The van der Waals surface area contributed by atoms with Crippen LogP contribution in [0.2, 0.25) is 0 Å². The van der Waals surface area contributed by atoms with Crippen LogP contribution in [0, 0.1) is 12.8 Å². The number of benzene rings is 3. The highest BCUT2D eigenvalue weighted by Gasteiger charge is 2.27. The van der Waals surface area contributed by atoms with Crippen LogP contribution in [0.4, 0.5) is 0 Å². The van der Waals surface area contributed by atoms with E-state index in [1.165, 1.54) is 0 Å². The van der Waals surface area contributed by atoms with E-state index in [2.05, 4.69) is 4.72 Å². The summed E-state index contributed by atoms with van der Waals surface area (Å²) >= 11 is 0. The first-order valence-corrected chi connectivity index (χ1v) is 13.0. The molecule has 1 aliphatic heterocycles. The van der Waals surface area contributed by atoms with Crippen LogP contribution in [0.3, 0.4) is 0 Å². The van der Waals surface area contributed by atoms with Crippen molar-refractivity contribution in [3.63, 3.8) is 0 Å². The molecule has 0 aliphatic carbocycles. The van der Waals surface area contributed by atoms with Crippen molar-refractivity contribution in [1.82, 2.24) is 9.62 Å². The summed E-state index contributed by atoms with van der Waals surface area (Å²) in [5.41, 5.74) is 2.47. The summed E-state index contributed by atoms with van der Waals surface area (Å²) < 4.78 is 33.9. The topological polar surface area (TPSA) is 75.7 Å². The van der Waals surface area contributed by atoms with E-state index in [9.17, 15) is 13.2 Å². The van der Waals surface area contributed by atoms with Gasteiger partial charge in [-0.1, -0.05) is 54.1 Å². The first-order chi connectivity index (χ1) is 16.4. The van der Waals surface area contributed by atoms with Crippen LogP contribution in [-0.4, -0.2) is 38.9 Å². The maximum Gasteiger partial charge on any atom is 0.254 e. The van der Waals surface area contributed by atoms with Crippen molar-refractivity contribution in [2.45, 2.75) is 31.3 Å². The Morgan fingerprint density at radius 3 is 2.47 bits per heavy atom. The Kier molecular flexibility index (Phi) is 7.65. The fourth-order valence-corrected chi connectivity index (χ4v) is 5.26. The number of piperidine rings is 1. The lowest BCUT2D eigenvalue weighted by Crippen LogP contribution is -2.44. The van der Waals surface area contributed by atoms with Gasteiger partial charge in [-0.3, -0.25) is 4.79 Å². The Bertz CT molecular complexity index is 1210. The number of carbonyl (C=O) groups excluding carboxylic acids is 1. The predicted molar refractivity (Wildman–Crippen MR) is 132 cm³/mol. The lowest BCUT2D eigenvalue weighted by molar-refractivity contribution is 0.0673. The number of hydrogen-bond acceptors (Lipinski definition) is 4. The quantitative estimate of drug-likeness (QED) is 0.521. The molecule has 0 spiro atoms. The van der Waals surface area contributed by atoms with E-state index in [1.807, 2.05) is 66.4 Å². The largest absolute Gasteiger partial charge is 0.489 e. The molecule has 3 aromatic rings. The summed E-state index contributed by atoms with van der Waals surface area (Å²) in [4.78, 5) is 15.5. The molecule has 3 aromatic carbocycles. The lowest BCUT2D eigenvalue weighted by atomic mass is 9.97. The third-order valence-corrected chi connectivity index (χ3v) is 7.52. The van der Waals surface area contributed by atoms with Crippen LogP contribution < -0.4 is 9.46 Å². The Morgan fingerprint density at radius 2 is 1.71 bits per heavy atom. The van der Waals surface area contributed by atoms with Crippen LogP contribution >= 0.6 is 0 Å². The van der Waals surface area contributed by atoms with E-state index in [0.717, 1.165) is 29.7 Å². The molecule has 0 radical (unpaired) electrons. The molecule has 1 N–H and O–H groups in total. The van der Waals surface area contributed by atoms with Crippen LogP contribution in [0.15, 0.2) is 83.8 Å². The molecule has 34 heavy (non-hydrogen) atoms. The molecule has 1 fully saturated rings. The maximum atomic E-state index is 13.4. The molecule has 7 heteroatoms. The summed E-state index contributed by atoms with van der Waals surface area (Å²) in [7, 11) is -3.58. The zero-order valence-corrected chi connectivity index (χ0v) is 20.1. The number of para-hydroxylation sites is 1. The maximum absolute atomic E-state index is 13.4. The number of rotatable bonds is 8. The average molecular weight is 479 g/mol. The van der Waals surface area contributed by atoms with Crippen LogP contribution in [0.1, 0.15) is 34.3 Å². The van der Waals surface area contributed by atoms with Gasteiger partial charge < -0.3 is 9.64 Å². The number of amides is 1. The number of nitrogens with one attached hydrogen (secondary N) is 1. The van der Waals surface area contributed by atoms with Crippen LogP contribution in [0.25, 0.3) is 0 Å². The van der Waals surface area contributed by atoms with Gasteiger partial charge in [0.15, 0.2) is 0 Å². The normalized spacial score (nSPS) is 16.3. The number of carbonyl (C=O) groups is 1. The SMILES string of the molecule is Cc1ccc(S(=O)(=O)NCC2CCCN(C(=O)c3ccccc3COc3ccccc3)C2)cc1. The summed E-state index contributed by atoms with van der Waals surface area (Å²) in [5.74, 6) is 0.771. The Hall–Kier alpha value is -3.16. The van der Waals surface area contributed by atoms with Crippen molar-refractivity contribution >= 4 is 15.9 Å². The number of nitrogens with zero attached hydrogens (tertiary/aromatic N) is 1. The fourth-order valence-electron chi connectivity index (χ4n) is 4.15. The second-order valence-electron chi connectivity index (χ2n) is 8.68. The van der Waals surface area contributed by atoms with Crippen molar-refractivity contribution in [2.24, 2.45) is 5.92 Å². The summed E-state index contributed by atoms with van der Waals surface area (Å²) in [6.45, 7) is 3.71. The van der Waals surface area contributed by atoms with E-state index in [0.29, 0.717) is 31.8 Å². The zero-order chi connectivity index (χ0) is 24.0. The molecular weight excluding hydrogens is 448 g/mol. The summed E-state index contributed by atoms with van der Waals surface area (Å²) in [5, 5.41) is 0. The van der Waals surface area contributed by atoms with E-state index >= 15 is 0 Å². The predicted octanol–water partition coefficient (Wildman–Crippen LogP) is 4.40. The first-order valence-electron chi connectivity index (χ1n) is 11.5. The Labute approximate surface area is 201 Å². The average Bonchev–Trinajstić information content (AvgIpc) is 2.87. The number of ether oxygens (including phenoxy) is 1. The smallest absolute Gasteiger partial charge is 0.254 e. The second kappa shape index (κ2) is 10.8. The lowest BCUT2D eigenvalue weighted by Gasteiger charge is -2.33. The molecule has 0 aromatic heterocycles. The molecule has 6 nitrogen and oxygen atoms in total. The molecule has 178 valence electrons. The summed E-state index contributed by atoms with van der Waals surface area (Å²) in [6, 6.07) is 23.8. The minimum absolute atomic E-state index is 0.0432. The van der Waals surface area contributed by atoms with Gasteiger partial charge in [0.2, 0.25) is 10.0 Å². The minimum atomic E-state index is -3.58. The molecule has 1 aliphatic rings. The monoisotopic (exact) mass is 478 g/mol. The van der Waals surface area contributed by atoms with Gasteiger partial charge in [-0.25, -0.2) is 13.1 Å². The van der Waals surface area contributed by atoms with Crippen LogP contribution in [-0.2, 0) is 16.6 Å². The van der Waals surface area contributed by atoms with Gasteiger partial charge in [-0.15, -0.1) is 0 Å². The molecule has 4 rings (SSSR count). The Morgan fingerprint density at radius 1 is 1.00 bits per heavy atom. The molecule has 0 saturated carbocycles. The van der Waals surface area contributed by atoms with E-state index in [-0.39, 0.29) is 16.7 Å². The number of aryl methyl sites for hydroxylation is 1. The van der Waals surface area contributed by atoms with Gasteiger partial charge in [0, 0.05) is 30.8 Å². The van der Waals surface area contributed by atoms with Crippen molar-refractivity contribution in [1.29, 1.82) is 0 Å². The third kappa shape index (κ3) is 6.04. The third-order valence-electron chi connectivity index (χ3n) is 6.08. The minimum Gasteiger partial charge on any atom is -0.489 e. The number of hydrogen-bond donors (Lipinski definition) is 1. The first kappa shape index (κ1) is 24.0. The van der Waals surface area contributed by atoms with Crippen molar-refractivity contribution < 1.29 is 17.9 Å². The van der Waals surface area contributed by atoms with Gasteiger partial charge in [0.05, 0.1) is 4.90 Å². The molecule has 1 heterocycles. The van der Waals surface area contributed by atoms with E-state index < -0.39 is 10.0 Å². The van der Waals surface area contributed by atoms with Gasteiger partial charge >= 0.3 is 0 Å². The van der Waals surface area contributed by atoms with Gasteiger partial charge in [-0.2, -0.15) is 0 Å². The van der Waals surface area contributed by atoms with Crippen molar-refractivity contribution in [2.75, 3.05) is 19.6 Å². The van der Waals surface area contributed by atoms with Gasteiger partial charge in [0.25, 0.3) is 5.91 Å². The van der Waals surface area contributed by atoms with Crippen molar-refractivity contribution in [3.8, 4) is 5.75 Å². The number of sulfonamides is 1. The summed E-state index contributed by atoms with van der Waals surface area (Å²) in [6.07, 6.45) is 1.71. The molecule has 1 saturated heterocycles. The highest BCUT2D eigenvalue weighted by atomic mass is 32.2. The molecule has 1 amide bonds. The second-order valence-corrected chi connectivity index (χ2v) is 10.5. The highest BCUT2D eigenvalue weighted by Crippen LogP contribution is 2.22. The van der Waals surface area contributed by atoms with Crippen LogP contribution in [0.5, 0.6) is 5.75 Å². The zero-order valence-electron chi connectivity index (χ0n) is 19.3. The van der Waals surface area contributed by atoms with Gasteiger partial charge in [-0.05, 0) is 56.0 Å². The molecule has 1 atom stereocenters.